The molecule has 0 aromatic carbocycles. The molecule has 2 rings (SSSR count). The van der Waals surface area contributed by atoms with Crippen LogP contribution in [0.5, 0.6) is 0 Å². The zero-order valence-corrected chi connectivity index (χ0v) is 6.66. The van der Waals surface area contributed by atoms with Crippen molar-refractivity contribution in [1.29, 1.82) is 0 Å². The largest absolute Gasteiger partial charge is 0.391 e. The molecule has 0 unspecified atom stereocenters. The minimum absolute atomic E-state index is 0.112. The Morgan fingerprint density at radius 2 is 2.00 bits per heavy atom. The molecule has 0 saturated carbocycles. The molecule has 1 fully saturated rings. The Morgan fingerprint density at radius 3 is 2.82 bits per heavy atom. The molecule has 1 heterocycles. The standard InChI is InChI=1S/C9H15NO/c11-9-6-10-5-7-3-1-2-4-8(7)9/h1-2,7-11H,3-6H2/t7-,8-,9-/m1/s1. The molecular weight excluding hydrogens is 138 g/mol. The van der Waals surface area contributed by atoms with E-state index >= 15 is 0 Å². The molecule has 62 valence electrons. The molecule has 0 spiro atoms. The summed E-state index contributed by atoms with van der Waals surface area (Å²) in [6, 6.07) is 0. The molecule has 2 N–H and O–H groups in total. The molecule has 0 aromatic rings. The molecule has 11 heavy (non-hydrogen) atoms. The summed E-state index contributed by atoms with van der Waals surface area (Å²) in [4.78, 5) is 0. The van der Waals surface area contributed by atoms with Crippen LogP contribution in [0.4, 0.5) is 0 Å². The Morgan fingerprint density at radius 1 is 1.18 bits per heavy atom. The molecule has 1 aliphatic heterocycles. The summed E-state index contributed by atoms with van der Waals surface area (Å²) < 4.78 is 0. The van der Waals surface area contributed by atoms with Crippen LogP contribution in [0.25, 0.3) is 0 Å². The van der Waals surface area contributed by atoms with Crippen LogP contribution in [-0.4, -0.2) is 24.3 Å². The van der Waals surface area contributed by atoms with E-state index in [1.165, 1.54) is 0 Å². The maximum atomic E-state index is 9.61. The molecule has 0 radical (unpaired) electrons. The van der Waals surface area contributed by atoms with Crippen molar-refractivity contribution in [2.45, 2.75) is 18.9 Å². The molecule has 2 heteroatoms. The van der Waals surface area contributed by atoms with E-state index in [4.69, 9.17) is 0 Å². The van der Waals surface area contributed by atoms with E-state index in [9.17, 15) is 5.11 Å². The van der Waals surface area contributed by atoms with E-state index in [1.807, 2.05) is 0 Å². The summed E-state index contributed by atoms with van der Waals surface area (Å²) in [6.07, 6.45) is 6.55. The lowest BCUT2D eigenvalue weighted by atomic mass is 9.77. The smallest absolute Gasteiger partial charge is 0.0698 e. The molecule has 0 aromatic heterocycles. The minimum atomic E-state index is -0.112. The average Bonchev–Trinajstić information content (AvgIpc) is 2.06. The first-order valence-corrected chi connectivity index (χ1v) is 4.41. The van der Waals surface area contributed by atoms with Gasteiger partial charge in [-0.1, -0.05) is 12.2 Å². The molecular formula is C9H15NO. The monoisotopic (exact) mass is 153 g/mol. The lowest BCUT2D eigenvalue weighted by Crippen LogP contribution is -2.47. The lowest BCUT2D eigenvalue weighted by Gasteiger charge is -2.37. The summed E-state index contributed by atoms with van der Waals surface area (Å²) in [5.74, 6) is 1.21. The Kier molecular flexibility index (Phi) is 1.96. The third-order valence-electron chi connectivity index (χ3n) is 2.87. The number of fused-ring (bicyclic) bond motifs is 1. The zero-order chi connectivity index (χ0) is 7.68. The van der Waals surface area contributed by atoms with Gasteiger partial charge in [-0.15, -0.1) is 0 Å². The highest BCUT2D eigenvalue weighted by atomic mass is 16.3. The van der Waals surface area contributed by atoms with Crippen LogP contribution in [0.1, 0.15) is 12.8 Å². The van der Waals surface area contributed by atoms with E-state index in [-0.39, 0.29) is 6.10 Å². The highest BCUT2D eigenvalue weighted by Crippen LogP contribution is 2.29. The second kappa shape index (κ2) is 2.95. The number of hydrogen-bond donors (Lipinski definition) is 2. The summed E-state index contributed by atoms with van der Waals surface area (Å²) in [6.45, 7) is 1.88. The molecule has 2 aliphatic rings. The molecule has 2 nitrogen and oxygen atoms in total. The fourth-order valence-corrected chi connectivity index (χ4v) is 2.17. The topological polar surface area (TPSA) is 32.3 Å². The predicted molar refractivity (Wildman–Crippen MR) is 44.2 cm³/mol. The summed E-state index contributed by atoms with van der Waals surface area (Å²) in [7, 11) is 0. The quantitative estimate of drug-likeness (QED) is 0.498. The normalized spacial score (nSPS) is 43.5. The summed E-state index contributed by atoms with van der Waals surface area (Å²) in [5, 5.41) is 12.9. The van der Waals surface area contributed by atoms with Crippen molar-refractivity contribution in [2.75, 3.05) is 13.1 Å². The number of allylic oxidation sites excluding steroid dienone is 2. The van der Waals surface area contributed by atoms with Crippen molar-refractivity contribution in [2.24, 2.45) is 11.8 Å². The minimum Gasteiger partial charge on any atom is -0.391 e. The molecule has 0 amide bonds. The number of nitrogens with one attached hydrogen (secondary N) is 1. The third-order valence-corrected chi connectivity index (χ3v) is 2.87. The molecule has 1 aliphatic carbocycles. The van der Waals surface area contributed by atoms with Crippen LogP contribution in [0, 0.1) is 11.8 Å². The van der Waals surface area contributed by atoms with Gasteiger partial charge >= 0.3 is 0 Å². The van der Waals surface area contributed by atoms with Gasteiger partial charge in [0.2, 0.25) is 0 Å². The maximum Gasteiger partial charge on any atom is 0.0698 e. The fourth-order valence-electron chi connectivity index (χ4n) is 2.17. The van der Waals surface area contributed by atoms with Crippen LogP contribution in [0.2, 0.25) is 0 Å². The van der Waals surface area contributed by atoms with Gasteiger partial charge < -0.3 is 10.4 Å². The van der Waals surface area contributed by atoms with Gasteiger partial charge in [0.25, 0.3) is 0 Å². The summed E-state index contributed by atoms with van der Waals surface area (Å²) >= 11 is 0. The molecule has 1 saturated heterocycles. The number of rotatable bonds is 0. The molecule has 3 atom stereocenters. The predicted octanol–water partition coefficient (Wildman–Crippen LogP) is 0.533. The Labute approximate surface area is 67.3 Å². The Bertz CT molecular complexity index is 167. The Balaban J connectivity index is 2.07. The number of hydrogen-bond acceptors (Lipinski definition) is 2. The van der Waals surface area contributed by atoms with Crippen molar-refractivity contribution in [1.82, 2.24) is 5.32 Å². The van der Waals surface area contributed by atoms with E-state index in [1.54, 1.807) is 0 Å². The Hall–Kier alpha value is -0.340. The van der Waals surface area contributed by atoms with Gasteiger partial charge in [0.15, 0.2) is 0 Å². The number of aliphatic hydroxyl groups excluding tert-OH is 1. The van der Waals surface area contributed by atoms with Crippen LogP contribution < -0.4 is 5.32 Å². The van der Waals surface area contributed by atoms with Gasteiger partial charge in [-0.3, -0.25) is 0 Å². The number of aliphatic hydroxyl groups is 1. The number of β-amino-alcohol motifs (C(OH)–C–C–N with tert-alkyl or cyclic N) is 1. The second-order valence-electron chi connectivity index (χ2n) is 3.59. The van der Waals surface area contributed by atoms with Crippen molar-refractivity contribution < 1.29 is 5.11 Å². The van der Waals surface area contributed by atoms with Gasteiger partial charge in [-0.2, -0.15) is 0 Å². The first kappa shape index (κ1) is 7.32. The average molecular weight is 153 g/mol. The second-order valence-corrected chi connectivity index (χ2v) is 3.59. The van der Waals surface area contributed by atoms with Crippen LogP contribution in [0.3, 0.4) is 0 Å². The highest BCUT2D eigenvalue weighted by Gasteiger charge is 2.31. The van der Waals surface area contributed by atoms with Gasteiger partial charge in [-0.25, -0.2) is 0 Å². The van der Waals surface area contributed by atoms with E-state index in [0.29, 0.717) is 11.8 Å². The van der Waals surface area contributed by atoms with Crippen LogP contribution in [0.15, 0.2) is 12.2 Å². The van der Waals surface area contributed by atoms with Crippen molar-refractivity contribution in [3.63, 3.8) is 0 Å². The van der Waals surface area contributed by atoms with E-state index < -0.39 is 0 Å². The van der Waals surface area contributed by atoms with Gasteiger partial charge in [0.05, 0.1) is 6.10 Å². The van der Waals surface area contributed by atoms with Gasteiger partial charge in [0, 0.05) is 6.54 Å². The zero-order valence-electron chi connectivity index (χ0n) is 6.66. The SMILES string of the molecule is O[C@@H]1CNC[C@H]2CC=CC[C@H]21. The van der Waals surface area contributed by atoms with Gasteiger partial charge in [0.1, 0.15) is 0 Å². The van der Waals surface area contributed by atoms with Crippen molar-refractivity contribution >= 4 is 0 Å². The third kappa shape index (κ3) is 1.33. The highest BCUT2D eigenvalue weighted by molar-refractivity contribution is 4.99. The number of piperidine rings is 1. The van der Waals surface area contributed by atoms with E-state index in [0.717, 1.165) is 25.9 Å². The first-order valence-electron chi connectivity index (χ1n) is 4.41. The lowest BCUT2D eigenvalue weighted by molar-refractivity contribution is 0.0445. The van der Waals surface area contributed by atoms with E-state index in [2.05, 4.69) is 17.5 Å². The van der Waals surface area contributed by atoms with Crippen LogP contribution >= 0.6 is 0 Å². The molecule has 0 bridgehead atoms. The first-order chi connectivity index (χ1) is 5.38. The van der Waals surface area contributed by atoms with Crippen molar-refractivity contribution in [3.05, 3.63) is 12.2 Å². The maximum absolute atomic E-state index is 9.61. The van der Waals surface area contributed by atoms with Crippen molar-refractivity contribution in [3.8, 4) is 0 Å². The van der Waals surface area contributed by atoms with Gasteiger partial charge in [-0.05, 0) is 31.2 Å². The van der Waals surface area contributed by atoms with Crippen LogP contribution in [-0.2, 0) is 0 Å². The summed E-state index contributed by atoms with van der Waals surface area (Å²) in [5.41, 5.74) is 0. The fraction of sp³-hybridized carbons (Fsp3) is 0.778.